The summed E-state index contributed by atoms with van der Waals surface area (Å²) < 4.78 is 0. The Morgan fingerprint density at radius 1 is 1.62 bits per heavy atom. The summed E-state index contributed by atoms with van der Waals surface area (Å²) in [6.45, 7) is 0.265. The molecule has 2 atom stereocenters. The molecule has 13 heavy (non-hydrogen) atoms. The van der Waals surface area contributed by atoms with Crippen LogP contribution >= 0.6 is 0 Å². The number of aliphatic hydroxyl groups excluding tert-OH is 2. The second-order valence-electron chi connectivity index (χ2n) is 3.46. The van der Waals surface area contributed by atoms with Crippen LogP contribution in [0.15, 0.2) is 0 Å². The van der Waals surface area contributed by atoms with Crippen molar-refractivity contribution in [1.82, 2.24) is 5.32 Å². The average Bonchev–Trinajstić information content (AvgIpc) is 2.54. The van der Waals surface area contributed by atoms with Crippen molar-refractivity contribution < 1.29 is 20.1 Å². The first-order valence-electron chi connectivity index (χ1n) is 4.38. The second kappa shape index (κ2) is 4.04. The molecule has 1 heterocycles. The van der Waals surface area contributed by atoms with Gasteiger partial charge in [-0.15, -0.1) is 0 Å². The highest BCUT2D eigenvalue weighted by Gasteiger charge is 2.42. The van der Waals surface area contributed by atoms with Gasteiger partial charge in [-0.2, -0.15) is 0 Å². The van der Waals surface area contributed by atoms with E-state index in [0.29, 0.717) is 13.0 Å². The molecule has 2 unspecified atom stereocenters. The molecule has 1 aliphatic rings. The summed E-state index contributed by atoms with van der Waals surface area (Å²) in [7, 11) is 0. The molecule has 1 saturated heterocycles. The fraction of sp³-hybridized carbons (Fsp3) is 0.875. The normalized spacial score (nSPS) is 30.3. The van der Waals surface area contributed by atoms with Gasteiger partial charge in [0.05, 0.1) is 12.7 Å². The van der Waals surface area contributed by atoms with Crippen molar-refractivity contribution in [2.75, 3.05) is 13.2 Å². The lowest BCUT2D eigenvalue weighted by Crippen LogP contribution is -2.50. The number of aliphatic hydroxyl groups is 2. The van der Waals surface area contributed by atoms with Gasteiger partial charge in [-0.05, 0) is 19.4 Å². The van der Waals surface area contributed by atoms with Gasteiger partial charge in [0.2, 0.25) is 0 Å². The summed E-state index contributed by atoms with van der Waals surface area (Å²) in [4.78, 5) is 10.9. The van der Waals surface area contributed by atoms with Crippen LogP contribution in [0.1, 0.15) is 19.3 Å². The van der Waals surface area contributed by atoms with Crippen LogP contribution in [0.25, 0.3) is 0 Å². The second-order valence-corrected chi connectivity index (χ2v) is 3.46. The van der Waals surface area contributed by atoms with Crippen LogP contribution < -0.4 is 5.32 Å². The minimum atomic E-state index is -1.03. The SMILES string of the molecule is O=C(O)C1(CC(O)CO)CCCN1. The predicted molar refractivity (Wildman–Crippen MR) is 45.3 cm³/mol. The largest absolute Gasteiger partial charge is 0.480 e. The molecule has 1 rings (SSSR count). The Bertz CT molecular complexity index is 189. The van der Waals surface area contributed by atoms with E-state index in [4.69, 9.17) is 10.2 Å². The molecule has 0 aromatic heterocycles. The van der Waals surface area contributed by atoms with Crippen molar-refractivity contribution in [3.63, 3.8) is 0 Å². The van der Waals surface area contributed by atoms with Crippen LogP contribution in [-0.4, -0.2) is 46.1 Å². The fourth-order valence-electron chi connectivity index (χ4n) is 1.72. The van der Waals surface area contributed by atoms with E-state index in [1.54, 1.807) is 0 Å². The third-order valence-electron chi connectivity index (χ3n) is 2.45. The molecule has 0 amide bonds. The third kappa shape index (κ3) is 2.18. The summed E-state index contributed by atoms with van der Waals surface area (Å²) in [5.41, 5.74) is -1.03. The maximum absolute atomic E-state index is 10.9. The molecular formula is C8H15NO4. The molecule has 5 heteroatoms. The number of hydrogen-bond donors (Lipinski definition) is 4. The van der Waals surface area contributed by atoms with Crippen LogP contribution in [0.4, 0.5) is 0 Å². The number of nitrogens with one attached hydrogen (secondary N) is 1. The van der Waals surface area contributed by atoms with E-state index in [9.17, 15) is 9.90 Å². The summed E-state index contributed by atoms with van der Waals surface area (Å²) >= 11 is 0. The Balaban J connectivity index is 2.62. The zero-order valence-electron chi connectivity index (χ0n) is 7.36. The highest BCUT2D eigenvalue weighted by atomic mass is 16.4. The lowest BCUT2D eigenvalue weighted by Gasteiger charge is -2.26. The molecule has 0 aromatic rings. The van der Waals surface area contributed by atoms with Crippen molar-refractivity contribution >= 4 is 5.97 Å². The van der Waals surface area contributed by atoms with Gasteiger partial charge in [-0.25, -0.2) is 0 Å². The quantitative estimate of drug-likeness (QED) is 0.452. The molecule has 76 valence electrons. The standard InChI is InChI=1S/C8H15NO4/c10-5-6(11)4-8(7(12)13)2-1-3-9-8/h6,9-11H,1-5H2,(H,12,13). The van der Waals surface area contributed by atoms with Gasteiger partial charge in [-0.3, -0.25) is 4.79 Å². The Kier molecular flexibility index (Phi) is 3.24. The Morgan fingerprint density at radius 3 is 2.69 bits per heavy atom. The van der Waals surface area contributed by atoms with Crippen LogP contribution in [0.3, 0.4) is 0 Å². The van der Waals surface area contributed by atoms with Crippen molar-refractivity contribution in [1.29, 1.82) is 0 Å². The molecular weight excluding hydrogens is 174 g/mol. The Hall–Kier alpha value is -0.650. The number of carboxylic acid groups (broad SMARTS) is 1. The van der Waals surface area contributed by atoms with Crippen LogP contribution in [0, 0.1) is 0 Å². The topological polar surface area (TPSA) is 89.8 Å². The van der Waals surface area contributed by atoms with Gasteiger partial charge in [0.15, 0.2) is 0 Å². The number of carbonyl (C=O) groups is 1. The molecule has 1 fully saturated rings. The number of hydrogen-bond acceptors (Lipinski definition) is 4. The summed E-state index contributed by atoms with van der Waals surface area (Å²) in [5.74, 6) is -0.947. The van der Waals surface area contributed by atoms with Gasteiger partial charge in [0, 0.05) is 6.42 Å². The molecule has 4 N–H and O–H groups in total. The van der Waals surface area contributed by atoms with E-state index in [-0.39, 0.29) is 6.42 Å². The first kappa shape index (κ1) is 10.4. The fourth-order valence-corrected chi connectivity index (χ4v) is 1.72. The van der Waals surface area contributed by atoms with Gasteiger partial charge in [-0.1, -0.05) is 0 Å². The lowest BCUT2D eigenvalue weighted by molar-refractivity contribution is -0.145. The van der Waals surface area contributed by atoms with Crippen LogP contribution in [0.5, 0.6) is 0 Å². The zero-order chi connectivity index (χ0) is 9.90. The van der Waals surface area contributed by atoms with Crippen molar-refractivity contribution in [2.45, 2.75) is 30.9 Å². The zero-order valence-corrected chi connectivity index (χ0v) is 7.36. The Morgan fingerprint density at radius 2 is 2.31 bits per heavy atom. The first-order chi connectivity index (χ1) is 6.10. The summed E-state index contributed by atoms with van der Waals surface area (Å²) in [6, 6.07) is 0. The number of aliphatic carboxylic acids is 1. The molecule has 0 spiro atoms. The number of carboxylic acids is 1. The first-order valence-corrected chi connectivity index (χ1v) is 4.38. The van der Waals surface area contributed by atoms with E-state index in [1.165, 1.54) is 0 Å². The van der Waals surface area contributed by atoms with E-state index in [2.05, 4.69) is 5.32 Å². The molecule has 5 nitrogen and oxygen atoms in total. The van der Waals surface area contributed by atoms with Crippen LogP contribution in [0.2, 0.25) is 0 Å². The minimum absolute atomic E-state index is 0.0683. The highest BCUT2D eigenvalue weighted by Crippen LogP contribution is 2.24. The van der Waals surface area contributed by atoms with E-state index < -0.39 is 24.2 Å². The van der Waals surface area contributed by atoms with Crippen molar-refractivity contribution in [2.24, 2.45) is 0 Å². The smallest absolute Gasteiger partial charge is 0.324 e. The van der Waals surface area contributed by atoms with Gasteiger partial charge >= 0.3 is 5.97 Å². The summed E-state index contributed by atoms with van der Waals surface area (Å²) in [5, 5.41) is 29.6. The van der Waals surface area contributed by atoms with Gasteiger partial charge in [0.25, 0.3) is 0 Å². The predicted octanol–water partition coefficient (Wildman–Crippen LogP) is -1.06. The maximum Gasteiger partial charge on any atom is 0.324 e. The third-order valence-corrected chi connectivity index (χ3v) is 2.45. The van der Waals surface area contributed by atoms with E-state index in [1.807, 2.05) is 0 Å². The van der Waals surface area contributed by atoms with Crippen LogP contribution in [-0.2, 0) is 4.79 Å². The van der Waals surface area contributed by atoms with Crippen molar-refractivity contribution in [3.05, 3.63) is 0 Å². The highest BCUT2D eigenvalue weighted by molar-refractivity contribution is 5.79. The van der Waals surface area contributed by atoms with E-state index >= 15 is 0 Å². The minimum Gasteiger partial charge on any atom is -0.480 e. The molecule has 0 aliphatic carbocycles. The Labute approximate surface area is 76.4 Å². The van der Waals surface area contributed by atoms with Gasteiger partial charge < -0.3 is 20.6 Å². The monoisotopic (exact) mass is 189 g/mol. The molecule has 0 bridgehead atoms. The van der Waals surface area contributed by atoms with Gasteiger partial charge in [0.1, 0.15) is 5.54 Å². The molecule has 0 radical (unpaired) electrons. The average molecular weight is 189 g/mol. The molecule has 0 aromatic carbocycles. The molecule has 1 aliphatic heterocycles. The molecule has 0 saturated carbocycles. The maximum atomic E-state index is 10.9. The number of rotatable bonds is 4. The van der Waals surface area contributed by atoms with E-state index in [0.717, 1.165) is 6.42 Å². The summed E-state index contributed by atoms with van der Waals surface area (Å²) in [6.07, 6.45) is 0.421. The lowest BCUT2D eigenvalue weighted by atomic mass is 9.91. The van der Waals surface area contributed by atoms with Crippen molar-refractivity contribution in [3.8, 4) is 0 Å².